The van der Waals surface area contributed by atoms with Crippen molar-refractivity contribution in [2.24, 2.45) is 0 Å². The van der Waals surface area contributed by atoms with Gasteiger partial charge >= 0.3 is 0 Å². The van der Waals surface area contributed by atoms with E-state index in [0.717, 1.165) is 31.2 Å². The summed E-state index contributed by atoms with van der Waals surface area (Å²) in [6.45, 7) is 1.78. The molecule has 2 saturated carbocycles. The molecule has 2 aromatic rings. The van der Waals surface area contributed by atoms with Crippen molar-refractivity contribution < 1.29 is 13.2 Å². The van der Waals surface area contributed by atoms with E-state index in [-0.39, 0.29) is 16.8 Å². The van der Waals surface area contributed by atoms with Crippen molar-refractivity contribution in [1.29, 1.82) is 0 Å². The van der Waals surface area contributed by atoms with Crippen LogP contribution in [0.25, 0.3) is 0 Å². The number of benzene rings is 2. The molecule has 0 atom stereocenters. The Morgan fingerprint density at radius 2 is 1.57 bits per heavy atom. The molecule has 0 aliphatic heterocycles. The first-order valence-corrected chi connectivity index (χ1v) is 12.4. The standard InChI is InChI=1S/C24H30N2O3S/c1-18-8-6-7-11-22(18)30(28,29)26-21-14-12-19(13-15-21)24(16-17-24)23(27)25-20-9-4-2-3-5-10-20/h6-8,11-15,20,26H,2-5,9-10,16-17H2,1H3,(H,25,27). The van der Waals surface area contributed by atoms with Gasteiger partial charge < -0.3 is 5.32 Å². The summed E-state index contributed by atoms with van der Waals surface area (Å²) in [6, 6.07) is 14.5. The van der Waals surface area contributed by atoms with Crippen LogP contribution < -0.4 is 10.0 Å². The molecule has 160 valence electrons. The molecule has 6 heteroatoms. The Morgan fingerprint density at radius 3 is 2.17 bits per heavy atom. The van der Waals surface area contributed by atoms with Gasteiger partial charge in [-0.15, -0.1) is 0 Å². The van der Waals surface area contributed by atoms with Crippen LogP contribution in [0.15, 0.2) is 53.4 Å². The van der Waals surface area contributed by atoms with Gasteiger partial charge in [-0.05, 0) is 61.9 Å². The first kappa shape index (κ1) is 20.9. The van der Waals surface area contributed by atoms with Crippen LogP contribution in [0, 0.1) is 6.92 Å². The quantitative estimate of drug-likeness (QED) is 0.659. The van der Waals surface area contributed by atoms with Crippen LogP contribution in [-0.4, -0.2) is 20.4 Å². The van der Waals surface area contributed by atoms with E-state index in [4.69, 9.17) is 0 Å². The summed E-state index contributed by atoms with van der Waals surface area (Å²) in [7, 11) is -3.64. The van der Waals surface area contributed by atoms with Crippen LogP contribution in [0.3, 0.4) is 0 Å². The summed E-state index contributed by atoms with van der Waals surface area (Å²) in [5.74, 6) is 0.127. The first-order chi connectivity index (χ1) is 14.4. The van der Waals surface area contributed by atoms with Gasteiger partial charge in [0.1, 0.15) is 0 Å². The lowest BCUT2D eigenvalue weighted by atomic mass is 9.94. The number of nitrogens with one attached hydrogen (secondary N) is 2. The maximum atomic E-state index is 13.0. The normalized spacial score (nSPS) is 19.0. The maximum Gasteiger partial charge on any atom is 0.262 e. The van der Waals surface area contributed by atoms with E-state index in [1.54, 1.807) is 37.3 Å². The van der Waals surface area contributed by atoms with Gasteiger partial charge in [0.2, 0.25) is 5.91 Å². The Morgan fingerprint density at radius 1 is 0.933 bits per heavy atom. The topological polar surface area (TPSA) is 75.3 Å². The molecule has 0 saturated heterocycles. The van der Waals surface area contributed by atoms with Crippen molar-refractivity contribution >= 4 is 21.6 Å². The summed E-state index contributed by atoms with van der Waals surface area (Å²) >= 11 is 0. The number of carbonyl (C=O) groups is 1. The SMILES string of the molecule is Cc1ccccc1S(=O)(=O)Nc1ccc(C2(C(=O)NC3CCCCCC3)CC2)cc1. The Balaban J connectivity index is 1.45. The van der Waals surface area contributed by atoms with E-state index in [9.17, 15) is 13.2 Å². The third-order valence-electron chi connectivity index (χ3n) is 6.45. The molecule has 0 heterocycles. The zero-order chi connectivity index (χ0) is 21.2. The minimum Gasteiger partial charge on any atom is -0.353 e. The lowest BCUT2D eigenvalue weighted by molar-refractivity contribution is -0.124. The van der Waals surface area contributed by atoms with Crippen molar-refractivity contribution in [2.75, 3.05) is 4.72 Å². The van der Waals surface area contributed by atoms with Gasteiger partial charge in [0.05, 0.1) is 10.3 Å². The van der Waals surface area contributed by atoms with Gasteiger partial charge in [-0.25, -0.2) is 8.42 Å². The van der Waals surface area contributed by atoms with Gasteiger partial charge in [0.15, 0.2) is 0 Å². The highest BCUT2D eigenvalue weighted by Crippen LogP contribution is 2.48. The molecular weight excluding hydrogens is 396 g/mol. The minimum atomic E-state index is -3.64. The molecular formula is C24H30N2O3S. The Hall–Kier alpha value is -2.34. The van der Waals surface area contributed by atoms with Gasteiger partial charge in [-0.3, -0.25) is 9.52 Å². The number of amides is 1. The zero-order valence-electron chi connectivity index (χ0n) is 17.5. The van der Waals surface area contributed by atoms with Crippen LogP contribution in [0.4, 0.5) is 5.69 Å². The van der Waals surface area contributed by atoms with Gasteiger partial charge in [-0.2, -0.15) is 0 Å². The average Bonchev–Trinajstić information content (AvgIpc) is 3.54. The summed E-state index contributed by atoms with van der Waals surface area (Å²) in [6.07, 6.45) is 8.73. The van der Waals surface area contributed by atoms with E-state index >= 15 is 0 Å². The predicted octanol–water partition coefficient (Wildman–Crippen LogP) is 4.67. The van der Waals surface area contributed by atoms with E-state index in [1.807, 2.05) is 18.2 Å². The molecule has 0 spiro atoms. The van der Waals surface area contributed by atoms with E-state index in [2.05, 4.69) is 10.0 Å². The third kappa shape index (κ3) is 4.38. The fraction of sp³-hybridized carbons (Fsp3) is 0.458. The number of hydrogen-bond donors (Lipinski definition) is 2. The number of sulfonamides is 1. The fourth-order valence-corrected chi connectivity index (χ4v) is 5.75. The molecule has 2 N–H and O–H groups in total. The molecule has 1 amide bonds. The summed E-state index contributed by atoms with van der Waals surface area (Å²) < 4.78 is 28.0. The lowest BCUT2D eigenvalue weighted by Crippen LogP contribution is -2.41. The van der Waals surface area contributed by atoms with Gasteiger partial charge in [0.25, 0.3) is 10.0 Å². The second kappa shape index (κ2) is 8.42. The highest BCUT2D eigenvalue weighted by molar-refractivity contribution is 7.92. The van der Waals surface area contributed by atoms with Crippen LogP contribution in [0.1, 0.15) is 62.5 Å². The van der Waals surface area contributed by atoms with Crippen LogP contribution in [-0.2, 0) is 20.2 Å². The van der Waals surface area contributed by atoms with E-state index < -0.39 is 15.4 Å². The van der Waals surface area contributed by atoms with Crippen molar-refractivity contribution in [2.45, 2.75) is 74.6 Å². The molecule has 5 nitrogen and oxygen atoms in total. The molecule has 0 aromatic heterocycles. The Kier molecular flexibility index (Phi) is 5.87. The Labute approximate surface area is 179 Å². The van der Waals surface area contributed by atoms with Crippen molar-refractivity contribution in [3.63, 3.8) is 0 Å². The monoisotopic (exact) mass is 426 g/mol. The molecule has 0 unspecified atom stereocenters. The van der Waals surface area contributed by atoms with Crippen molar-refractivity contribution in [1.82, 2.24) is 5.32 Å². The number of carbonyl (C=O) groups excluding carboxylic acids is 1. The highest BCUT2D eigenvalue weighted by Gasteiger charge is 2.51. The van der Waals surface area contributed by atoms with E-state index in [1.165, 1.54) is 25.7 Å². The van der Waals surface area contributed by atoms with Crippen LogP contribution in [0.5, 0.6) is 0 Å². The van der Waals surface area contributed by atoms with Crippen LogP contribution >= 0.6 is 0 Å². The summed E-state index contributed by atoms with van der Waals surface area (Å²) in [5, 5.41) is 3.29. The smallest absolute Gasteiger partial charge is 0.262 e. The second-order valence-electron chi connectivity index (χ2n) is 8.69. The molecule has 2 fully saturated rings. The molecule has 30 heavy (non-hydrogen) atoms. The summed E-state index contributed by atoms with van der Waals surface area (Å²) in [4.78, 5) is 13.3. The minimum absolute atomic E-state index is 0.127. The fourth-order valence-electron chi connectivity index (χ4n) is 4.44. The first-order valence-electron chi connectivity index (χ1n) is 10.9. The molecule has 2 aromatic carbocycles. The number of rotatable bonds is 6. The highest BCUT2D eigenvalue weighted by atomic mass is 32.2. The third-order valence-corrected chi connectivity index (χ3v) is 7.99. The number of aryl methyl sites for hydroxylation is 1. The van der Waals surface area contributed by atoms with Gasteiger partial charge in [0, 0.05) is 11.7 Å². The molecule has 2 aliphatic carbocycles. The second-order valence-corrected chi connectivity index (χ2v) is 10.3. The number of anilines is 1. The lowest BCUT2D eigenvalue weighted by Gasteiger charge is -2.22. The van der Waals surface area contributed by atoms with Crippen LogP contribution in [0.2, 0.25) is 0 Å². The molecule has 2 aliphatic rings. The Bertz CT molecular complexity index is 1000. The molecule has 4 rings (SSSR count). The number of hydrogen-bond acceptors (Lipinski definition) is 3. The average molecular weight is 427 g/mol. The summed E-state index contributed by atoms with van der Waals surface area (Å²) in [5.41, 5.74) is 1.72. The predicted molar refractivity (Wildman–Crippen MR) is 119 cm³/mol. The molecule has 0 bridgehead atoms. The van der Waals surface area contributed by atoms with Gasteiger partial charge in [-0.1, -0.05) is 56.0 Å². The largest absolute Gasteiger partial charge is 0.353 e. The maximum absolute atomic E-state index is 13.0. The van der Waals surface area contributed by atoms with Crippen molar-refractivity contribution in [3.8, 4) is 0 Å². The van der Waals surface area contributed by atoms with Crippen molar-refractivity contribution in [3.05, 3.63) is 59.7 Å². The van der Waals surface area contributed by atoms with E-state index in [0.29, 0.717) is 11.3 Å². The molecule has 0 radical (unpaired) electrons. The zero-order valence-corrected chi connectivity index (χ0v) is 18.3.